The SMILES string of the molecule is c1ccc(P(CCc2c[nH]nn2)c2ccccc2)cc1. The fourth-order valence-corrected chi connectivity index (χ4v) is 4.53. The van der Waals surface area contributed by atoms with Crippen molar-refractivity contribution in [2.24, 2.45) is 0 Å². The van der Waals surface area contributed by atoms with Crippen LogP contribution in [0.5, 0.6) is 0 Å². The van der Waals surface area contributed by atoms with E-state index in [2.05, 4.69) is 76.1 Å². The Hall–Kier alpha value is -1.99. The van der Waals surface area contributed by atoms with Gasteiger partial charge in [0.05, 0.1) is 5.69 Å². The monoisotopic (exact) mass is 281 g/mol. The van der Waals surface area contributed by atoms with Crippen LogP contribution in [0.15, 0.2) is 66.9 Å². The second-order valence-electron chi connectivity index (χ2n) is 4.54. The number of benzene rings is 2. The molecule has 0 atom stereocenters. The minimum absolute atomic E-state index is 0.337. The van der Waals surface area contributed by atoms with Gasteiger partial charge < -0.3 is 0 Å². The minimum atomic E-state index is -0.337. The summed E-state index contributed by atoms with van der Waals surface area (Å²) >= 11 is 0. The molecule has 0 bridgehead atoms. The maximum atomic E-state index is 4.08. The zero-order valence-corrected chi connectivity index (χ0v) is 12.0. The molecule has 100 valence electrons. The molecule has 1 heterocycles. The van der Waals surface area contributed by atoms with E-state index in [0.29, 0.717) is 0 Å². The van der Waals surface area contributed by atoms with Gasteiger partial charge in [-0.1, -0.05) is 65.9 Å². The molecule has 0 saturated carbocycles. The van der Waals surface area contributed by atoms with E-state index in [4.69, 9.17) is 0 Å². The van der Waals surface area contributed by atoms with Gasteiger partial charge in [0, 0.05) is 6.20 Å². The molecule has 0 unspecified atom stereocenters. The number of aromatic nitrogens is 3. The number of nitrogens with zero attached hydrogens (tertiary/aromatic N) is 2. The zero-order chi connectivity index (χ0) is 13.6. The van der Waals surface area contributed by atoms with Gasteiger partial charge in [-0.05, 0) is 31.1 Å². The van der Waals surface area contributed by atoms with Crippen molar-refractivity contribution in [1.82, 2.24) is 15.4 Å². The number of H-pyrrole nitrogens is 1. The fourth-order valence-electron chi connectivity index (χ4n) is 2.20. The molecule has 3 aromatic rings. The molecule has 0 spiro atoms. The second kappa shape index (κ2) is 6.44. The van der Waals surface area contributed by atoms with Gasteiger partial charge in [-0.25, -0.2) is 0 Å². The van der Waals surface area contributed by atoms with Crippen LogP contribution in [0.1, 0.15) is 5.69 Å². The summed E-state index contributed by atoms with van der Waals surface area (Å²) in [5.74, 6) is 0. The van der Waals surface area contributed by atoms with Crippen molar-refractivity contribution in [3.63, 3.8) is 0 Å². The van der Waals surface area contributed by atoms with Crippen LogP contribution in [0.4, 0.5) is 0 Å². The number of aryl methyl sites for hydroxylation is 1. The van der Waals surface area contributed by atoms with Crippen LogP contribution in [0.3, 0.4) is 0 Å². The van der Waals surface area contributed by atoms with Gasteiger partial charge >= 0.3 is 0 Å². The van der Waals surface area contributed by atoms with Crippen molar-refractivity contribution in [1.29, 1.82) is 0 Å². The van der Waals surface area contributed by atoms with E-state index < -0.39 is 0 Å². The molecule has 3 nitrogen and oxygen atoms in total. The van der Waals surface area contributed by atoms with Crippen LogP contribution in [-0.4, -0.2) is 21.6 Å². The van der Waals surface area contributed by atoms with Gasteiger partial charge in [-0.2, -0.15) is 0 Å². The number of hydrogen-bond acceptors (Lipinski definition) is 2. The lowest BCUT2D eigenvalue weighted by molar-refractivity contribution is 0.910. The Bertz CT molecular complexity index is 584. The van der Waals surface area contributed by atoms with Crippen molar-refractivity contribution in [3.05, 3.63) is 72.6 Å². The van der Waals surface area contributed by atoms with Gasteiger partial charge in [0.1, 0.15) is 0 Å². The molecule has 0 fully saturated rings. The van der Waals surface area contributed by atoms with E-state index in [1.165, 1.54) is 10.6 Å². The van der Waals surface area contributed by atoms with E-state index in [9.17, 15) is 0 Å². The standard InChI is InChI=1S/C16H16N3P/c1-3-7-15(8-4-1)20(16-9-5-2-6-10-16)12-11-14-13-17-19-18-14/h1-10,13H,11-12H2,(H,17,18,19). The Morgan fingerprint density at radius 2 is 1.45 bits per heavy atom. The molecule has 0 aliphatic carbocycles. The Kier molecular flexibility index (Phi) is 4.19. The summed E-state index contributed by atoms with van der Waals surface area (Å²) in [5.41, 5.74) is 1.03. The highest BCUT2D eigenvalue weighted by molar-refractivity contribution is 7.73. The summed E-state index contributed by atoms with van der Waals surface area (Å²) in [5, 5.41) is 13.5. The highest BCUT2D eigenvalue weighted by atomic mass is 31.1. The van der Waals surface area contributed by atoms with Crippen molar-refractivity contribution < 1.29 is 0 Å². The third kappa shape index (κ3) is 3.12. The maximum Gasteiger partial charge on any atom is 0.0828 e. The zero-order valence-electron chi connectivity index (χ0n) is 11.1. The summed E-state index contributed by atoms with van der Waals surface area (Å²) < 4.78 is 0. The molecule has 4 heteroatoms. The molecule has 0 amide bonds. The second-order valence-corrected chi connectivity index (χ2v) is 6.87. The number of nitrogens with one attached hydrogen (secondary N) is 1. The molecule has 3 rings (SSSR count). The molecule has 0 aliphatic rings. The first-order valence-electron chi connectivity index (χ1n) is 6.66. The summed E-state index contributed by atoms with van der Waals surface area (Å²) in [6.45, 7) is 0. The predicted molar refractivity (Wildman–Crippen MR) is 84.0 cm³/mol. The summed E-state index contributed by atoms with van der Waals surface area (Å²) in [4.78, 5) is 0. The van der Waals surface area contributed by atoms with Crippen molar-refractivity contribution >= 4 is 18.5 Å². The smallest absolute Gasteiger partial charge is 0.0828 e. The van der Waals surface area contributed by atoms with Crippen molar-refractivity contribution in [3.8, 4) is 0 Å². The Morgan fingerprint density at radius 3 is 1.95 bits per heavy atom. The topological polar surface area (TPSA) is 41.6 Å². The van der Waals surface area contributed by atoms with Crippen LogP contribution in [0.2, 0.25) is 0 Å². The van der Waals surface area contributed by atoms with Gasteiger partial charge in [0.15, 0.2) is 0 Å². The van der Waals surface area contributed by atoms with Gasteiger partial charge in [-0.15, -0.1) is 5.10 Å². The molecular weight excluding hydrogens is 265 g/mol. The fraction of sp³-hybridized carbons (Fsp3) is 0.125. The van der Waals surface area contributed by atoms with Crippen LogP contribution in [-0.2, 0) is 6.42 Å². The van der Waals surface area contributed by atoms with Crippen molar-refractivity contribution in [2.75, 3.05) is 6.16 Å². The van der Waals surface area contributed by atoms with E-state index in [1.807, 2.05) is 6.20 Å². The quantitative estimate of drug-likeness (QED) is 0.730. The van der Waals surface area contributed by atoms with E-state index in [0.717, 1.165) is 18.3 Å². The van der Waals surface area contributed by atoms with Crippen LogP contribution >= 0.6 is 7.92 Å². The predicted octanol–water partition coefficient (Wildman–Crippen LogP) is 2.48. The Morgan fingerprint density at radius 1 is 0.850 bits per heavy atom. The number of hydrogen-bond donors (Lipinski definition) is 1. The molecular formula is C16H16N3P. The first kappa shape index (κ1) is 13.0. The average molecular weight is 281 g/mol. The van der Waals surface area contributed by atoms with Crippen LogP contribution in [0, 0.1) is 0 Å². The Balaban J connectivity index is 1.84. The molecule has 1 N–H and O–H groups in total. The summed E-state index contributed by atoms with van der Waals surface area (Å²) in [7, 11) is -0.337. The third-order valence-electron chi connectivity index (χ3n) is 3.19. The van der Waals surface area contributed by atoms with Crippen LogP contribution in [0.25, 0.3) is 0 Å². The van der Waals surface area contributed by atoms with Gasteiger partial charge in [-0.3, -0.25) is 5.10 Å². The molecule has 0 saturated heterocycles. The summed E-state index contributed by atoms with van der Waals surface area (Å²) in [6.07, 6.45) is 3.92. The van der Waals surface area contributed by atoms with Gasteiger partial charge in [0.2, 0.25) is 0 Å². The van der Waals surface area contributed by atoms with E-state index in [1.54, 1.807) is 0 Å². The lowest BCUT2D eigenvalue weighted by Crippen LogP contribution is -2.14. The van der Waals surface area contributed by atoms with E-state index >= 15 is 0 Å². The lowest BCUT2D eigenvalue weighted by Gasteiger charge is -2.18. The molecule has 0 radical (unpaired) electrons. The highest BCUT2D eigenvalue weighted by Crippen LogP contribution is 2.33. The molecule has 2 aromatic carbocycles. The molecule has 1 aromatic heterocycles. The lowest BCUT2D eigenvalue weighted by atomic mass is 10.4. The van der Waals surface area contributed by atoms with E-state index in [-0.39, 0.29) is 7.92 Å². The average Bonchev–Trinajstić information content (AvgIpc) is 3.03. The molecule has 0 aliphatic heterocycles. The van der Waals surface area contributed by atoms with Crippen LogP contribution < -0.4 is 10.6 Å². The minimum Gasteiger partial charge on any atom is -0.265 e. The normalized spacial score (nSPS) is 10.8. The Labute approximate surface area is 119 Å². The first-order valence-corrected chi connectivity index (χ1v) is 8.19. The highest BCUT2D eigenvalue weighted by Gasteiger charge is 2.13. The first-order chi connectivity index (χ1) is 9.93. The third-order valence-corrected chi connectivity index (χ3v) is 5.71. The summed E-state index contributed by atoms with van der Waals surface area (Å²) in [6, 6.07) is 21.5. The molecule has 20 heavy (non-hydrogen) atoms. The maximum absolute atomic E-state index is 4.08. The number of aromatic amines is 1. The van der Waals surface area contributed by atoms with Gasteiger partial charge in [0.25, 0.3) is 0 Å². The largest absolute Gasteiger partial charge is 0.265 e. The van der Waals surface area contributed by atoms with Crippen molar-refractivity contribution in [2.45, 2.75) is 6.42 Å². The number of rotatable bonds is 5.